The van der Waals surface area contributed by atoms with Gasteiger partial charge in [0.25, 0.3) is 0 Å². The monoisotopic (exact) mass is 883 g/mol. The van der Waals surface area contributed by atoms with Crippen molar-refractivity contribution in [3.8, 4) is 17.2 Å². The van der Waals surface area contributed by atoms with Gasteiger partial charge in [0.2, 0.25) is 17.2 Å². The first-order valence-corrected chi connectivity index (χ1v) is 21.8. The van der Waals surface area contributed by atoms with E-state index in [1.54, 1.807) is 19.2 Å². The van der Waals surface area contributed by atoms with Gasteiger partial charge in [-0.25, -0.2) is 9.78 Å². The van der Waals surface area contributed by atoms with Gasteiger partial charge < -0.3 is 55.5 Å². The maximum Gasteiger partial charge on any atom is 0.222 e. The minimum atomic E-state index is -2.41. The predicted octanol–water partition coefficient (Wildman–Crippen LogP) is 0.859. The number of hydrogen-bond donors (Lipinski definition) is 10. The first-order chi connectivity index (χ1) is 30.7. The molecule has 64 heavy (non-hydrogen) atoms. The van der Waals surface area contributed by atoms with Gasteiger partial charge in [0.1, 0.15) is 77.9 Å². The van der Waals surface area contributed by atoms with Crippen LogP contribution in [0.25, 0.3) is 21.7 Å². The van der Waals surface area contributed by atoms with Crippen LogP contribution in [0, 0.1) is 24.7 Å². The van der Waals surface area contributed by atoms with Crippen molar-refractivity contribution >= 4 is 39.6 Å². The fraction of sp³-hybridized carbons (Fsp3) is 0.468. The molecule has 1 saturated heterocycles. The number of quaternary nitrogens is 1. The standard InChI is InChI=1S/C47H54N4O13/c1-24-11-37(55)34-12-28-13-39(64-61-23-46(60,45(59)42(58)38(56)22-52)16-26-4-8-36(54)32-7-6-31(53)15-33(26)32)47(17-25(3-5-30(47)19-48-2)29-14-40(57)50-18-29)63-43(28)41(44(34)62-24)51-20-27-9-10-49-35(27)21-51/h4,6-12,15,21,25,29-30,38-39,42,45,48,52-54,56,58-60H,3,5,13-14,16-20,22-23H2,1-2H3,(H,50,57)/p+1/t25-,29-,30-,38+,39+,42+,45-,46-,47-/m0/s1. The quantitative estimate of drug-likeness (QED) is 0.0623. The number of nitrogens with zero attached hydrogens (tertiary/aromatic N) is 1. The third kappa shape index (κ3) is 7.88. The molecule has 1 saturated carbocycles. The van der Waals surface area contributed by atoms with Crippen LogP contribution in [0.1, 0.15) is 42.6 Å². The van der Waals surface area contributed by atoms with Crippen molar-refractivity contribution in [2.45, 2.75) is 81.1 Å². The lowest BCUT2D eigenvalue weighted by molar-refractivity contribution is -0.763. The number of aryl methyl sites for hydroxylation is 1. The van der Waals surface area contributed by atoms with E-state index in [1.165, 1.54) is 36.4 Å². The Morgan fingerprint density at radius 1 is 1.05 bits per heavy atom. The van der Waals surface area contributed by atoms with E-state index in [1.807, 2.05) is 19.3 Å². The number of fused-ring (bicyclic) bond motifs is 4. The van der Waals surface area contributed by atoms with Crippen LogP contribution in [-0.2, 0) is 27.4 Å². The Morgan fingerprint density at radius 2 is 1.88 bits per heavy atom. The zero-order valence-electron chi connectivity index (χ0n) is 35.6. The van der Waals surface area contributed by atoms with E-state index in [-0.39, 0.29) is 47.0 Å². The summed E-state index contributed by atoms with van der Waals surface area (Å²) in [5, 5.41) is 83.5. The molecule has 1 spiro atoms. The molecule has 1 amide bonds. The lowest BCUT2D eigenvalue weighted by Gasteiger charge is -2.53. The average molecular weight is 884 g/mol. The molecule has 3 aromatic carbocycles. The molecule has 10 N–H and O–H groups in total. The number of phenolic OH excluding ortho intramolecular Hbond substituents is 2. The number of aliphatic imine (C=N–C) groups is 1. The zero-order valence-corrected chi connectivity index (χ0v) is 35.6. The third-order valence-corrected chi connectivity index (χ3v) is 14.0. The molecule has 9 rings (SSSR count). The van der Waals surface area contributed by atoms with E-state index < -0.39 is 55.3 Å². The van der Waals surface area contributed by atoms with Crippen LogP contribution in [0.3, 0.4) is 0 Å². The zero-order chi connectivity index (χ0) is 45.1. The topological polar surface area (TPSA) is 257 Å². The average Bonchev–Trinajstić information content (AvgIpc) is 4.02. The highest BCUT2D eigenvalue weighted by atomic mass is 17.2. The number of rotatable bonds is 14. The molecule has 1 aliphatic carbocycles. The lowest BCUT2D eigenvalue weighted by atomic mass is 9.63. The molecule has 2 fully saturated rings. The van der Waals surface area contributed by atoms with E-state index >= 15 is 0 Å². The van der Waals surface area contributed by atoms with Gasteiger partial charge >= 0.3 is 0 Å². The second-order valence-corrected chi connectivity index (χ2v) is 18.2. The molecular formula is C47H55N4O13+. The smallest absolute Gasteiger partial charge is 0.222 e. The van der Waals surface area contributed by atoms with E-state index in [0.717, 1.165) is 22.6 Å². The Balaban J connectivity index is 1.13. The van der Waals surface area contributed by atoms with Crippen molar-refractivity contribution in [2.24, 2.45) is 22.7 Å². The largest absolute Gasteiger partial charge is 0.508 e. The summed E-state index contributed by atoms with van der Waals surface area (Å²) < 4.78 is 13.9. The highest BCUT2D eigenvalue weighted by Gasteiger charge is 2.58. The summed E-state index contributed by atoms with van der Waals surface area (Å²) in [5.74, 6) is 0.609. The number of aromatic hydroxyl groups is 2. The number of allylic oxidation sites excluding steroid dienone is 1. The molecule has 17 nitrogen and oxygen atoms in total. The Hall–Kier alpha value is -5.21. The molecule has 1 aromatic heterocycles. The SMILES string of the molecule is CNC[C@@H]1CC[C@H]([C@@H]2CNC(=O)C2)C[C@]12Oc1c(cc3c(=O)cc(C)oc3c1[NH+]1C=C3N=CC=C3C1)C[C@H]2OOC[C@@](O)(Cc1ccc(O)c2ccc(O)cc12)[C@@H](O)[C@H](O)[C@H](O)CO. The van der Waals surface area contributed by atoms with Crippen molar-refractivity contribution in [1.82, 2.24) is 10.6 Å². The van der Waals surface area contributed by atoms with Gasteiger partial charge in [0.15, 0.2) is 11.2 Å². The van der Waals surface area contributed by atoms with Gasteiger partial charge in [-0.2, -0.15) is 0 Å². The molecule has 17 heteroatoms. The molecule has 340 valence electrons. The summed E-state index contributed by atoms with van der Waals surface area (Å²) in [4.78, 5) is 44.3. The molecule has 0 bridgehead atoms. The number of nitrogens with one attached hydrogen (secondary N) is 3. The highest BCUT2D eigenvalue weighted by molar-refractivity contribution is 5.92. The molecule has 0 radical (unpaired) electrons. The maximum atomic E-state index is 13.7. The van der Waals surface area contributed by atoms with Crippen LogP contribution in [0.4, 0.5) is 5.69 Å². The number of aliphatic hydroxyl groups is 5. The van der Waals surface area contributed by atoms with Gasteiger partial charge in [-0.05, 0) is 92.4 Å². The number of phenols is 2. The molecule has 1 unspecified atom stereocenters. The van der Waals surface area contributed by atoms with Gasteiger partial charge in [-0.1, -0.05) is 6.07 Å². The van der Waals surface area contributed by atoms with E-state index in [9.17, 15) is 45.3 Å². The van der Waals surface area contributed by atoms with Crippen LogP contribution in [0.2, 0.25) is 0 Å². The molecule has 4 aliphatic heterocycles. The van der Waals surface area contributed by atoms with Crippen molar-refractivity contribution in [1.29, 1.82) is 0 Å². The molecule has 10 atom stereocenters. The summed E-state index contributed by atoms with van der Waals surface area (Å²) in [6.07, 6.45) is 0.866. The van der Waals surface area contributed by atoms with Crippen LogP contribution >= 0.6 is 0 Å². The predicted molar refractivity (Wildman–Crippen MR) is 232 cm³/mol. The lowest BCUT2D eigenvalue weighted by Crippen LogP contribution is -3.01. The minimum absolute atomic E-state index is 0.0160. The summed E-state index contributed by atoms with van der Waals surface area (Å²) >= 11 is 0. The summed E-state index contributed by atoms with van der Waals surface area (Å²) in [7, 11) is 1.85. The number of hydrogen-bond acceptors (Lipinski definition) is 15. The molecule has 5 aliphatic rings. The highest BCUT2D eigenvalue weighted by Crippen LogP contribution is 2.53. The Kier molecular flexibility index (Phi) is 11.9. The Labute approximate surface area is 367 Å². The number of ether oxygens (including phenoxy) is 1. The Bertz CT molecular complexity index is 2630. The van der Waals surface area contributed by atoms with Gasteiger partial charge in [-0.15, -0.1) is 0 Å². The minimum Gasteiger partial charge on any atom is -0.508 e. The van der Waals surface area contributed by atoms with Crippen molar-refractivity contribution in [3.63, 3.8) is 0 Å². The van der Waals surface area contributed by atoms with Gasteiger partial charge in [-0.3, -0.25) is 19.5 Å². The number of carbonyl (C=O) groups excluding carboxylic acids is 1. The molecule has 5 heterocycles. The van der Waals surface area contributed by atoms with Crippen LogP contribution in [-0.4, -0.2) is 123 Å². The van der Waals surface area contributed by atoms with Crippen molar-refractivity contribution < 1.29 is 64.4 Å². The normalized spacial score (nSPS) is 27.4. The fourth-order valence-electron chi connectivity index (χ4n) is 10.7. The third-order valence-electron chi connectivity index (χ3n) is 14.0. The van der Waals surface area contributed by atoms with Gasteiger partial charge in [0.05, 0.1) is 12.0 Å². The van der Waals surface area contributed by atoms with Gasteiger partial charge in [0, 0.05) is 67.1 Å². The van der Waals surface area contributed by atoms with E-state index in [0.29, 0.717) is 89.0 Å². The second kappa shape index (κ2) is 17.3. The summed E-state index contributed by atoms with van der Waals surface area (Å²) in [6.45, 7) is 1.59. The van der Waals surface area contributed by atoms with Crippen LogP contribution < -0.4 is 25.7 Å². The second-order valence-electron chi connectivity index (χ2n) is 18.2. The Morgan fingerprint density at radius 3 is 2.62 bits per heavy atom. The first-order valence-electron chi connectivity index (χ1n) is 21.8. The van der Waals surface area contributed by atoms with E-state index in [4.69, 9.17) is 18.9 Å². The first kappa shape index (κ1) is 44.0. The maximum absolute atomic E-state index is 13.7. The fourth-order valence-corrected chi connectivity index (χ4v) is 10.7. The molecular weight excluding hydrogens is 829 g/mol. The molecule has 4 aromatic rings. The number of amides is 1. The van der Waals surface area contributed by atoms with Crippen molar-refractivity contribution in [3.05, 3.63) is 93.1 Å². The van der Waals surface area contributed by atoms with Crippen LogP contribution in [0.5, 0.6) is 17.2 Å². The van der Waals surface area contributed by atoms with Crippen LogP contribution in [0.15, 0.2) is 80.2 Å². The summed E-state index contributed by atoms with van der Waals surface area (Å²) in [5.41, 5.74) is 0.102. The number of aliphatic hydroxyl groups excluding tert-OH is 4. The number of benzene rings is 3. The van der Waals surface area contributed by atoms with Crippen molar-refractivity contribution in [2.75, 3.05) is 39.9 Å². The summed E-state index contributed by atoms with van der Waals surface area (Å²) in [6, 6.07) is 10.4. The van der Waals surface area contributed by atoms with E-state index in [2.05, 4.69) is 15.6 Å². The number of carbonyl (C=O) groups is 1.